The van der Waals surface area contributed by atoms with E-state index in [1.165, 1.54) is 4.90 Å². The third-order valence-electron chi connectivity index (χ3n) is 2.77. The molecule has 1 amide bonds. The van der Waals surface area contributed by atoms with E-state index in [0.29, 0.717) is 13.0 Å². The van der Waals surface area contributed by atoms with Crippen molar-refractivity contribution in [3.05, 3.63) is 53.0 Å². The van der Waals surface area contributed by atoms with E-state index in [2.05, 4.69) is 21.2 Å². The second kappa shape index (κ2) is 8.10. The normalized spacial score (nSPS) is 10.2. The van der Waals surface area contributed by atoms with E-state index in [1.807, 2.05) is 54.8 Å². The monoisotopic (exact) mass is 365 g/mol. The minimum Gasteiger partial charge on any atom is -0.493 e. The highest BCUT2D eigenvalue weighted by Crippen LogP contribution is 2.19. The summed E-state index contributed by atoms with van der Waals surface area (Å²) in [6.07, 6.45) is 2.34. The second-order valence-electron chi connectivity index (χ2n) is 4.33. The molecule has 0 atom stereocenters. The fourth-order valence-corrected chi connectivity index (χ4v) is 2.50. The van der Waals surface area contributed by atoms with Crippen molar-refractivity contribution in [2.24, 2.45) is 0 Å². The SMILES string of the molecule is CSc1ccc(NC(=O)CCOc2cccc(Br)c2)cc1. The van der Waals surface area contributed by atoms with Crippen LogP contribution in [-0.4, -0.2) is 18.8 Å². The molecule has 3 nitrogen and oxygen atoms in total. The van der Waals surface area contributed by atoms with E-state index in [1.54, 1.807) is 11.8 Å². The van der Waals surface area contributed by atoms with Crippen LogP contribution in [0.1, 0.15) is 6.42 Å². The van der Waals surface area contributed by atoms with Crippen LogP contribution in [0.25, 0.3) is 0 Å². The molecule has 0 aliphatic rings. The van der Waals surface area contributed by atoms with Gasteiger partial charge in [-0.05, 0) is 48.7 Å². The molecular formula is C16H16BrNO2S. The van der Waals surface area contributed by atoms with Crippen molar-refractivity contribution in [1.29, 1.82) is 0 Å². The van der Waals surface area contributed by atoms with Crippen molar-refractivity contribution in [3.63, 3.8) is 0 Å². The topological polar surface area (TPSA) is 38.3 Å². The van der Waals surface area contributed by atoms with Gasteiger partial charge in [0.1, 0.15) is 5.75 Å². The molecule has 5 heteroatoms. The van der Waals surface area contributed by atoms with Crippen molar-refractivity contribution in [1.82, 2.24) is 0 Å². The third-order valence-corrected chi connectivity index (χ3v) is 4.00. The number of rotatable bonds is 6. The molecule has 21 heavy (non-hydrogen) atoms. The molecule has 2 aromatic rings. The van der Waals surface area contributed by atoms with Crippen LogP contribution in [-0.2, 0) is 4.79 Å². The summed E-state index contributed by atoms with van der Waals surface area (Å²) in [5.41, 5.74) is 0.806. The van der Waals surface area contributed by atoms with Crippen LogP contribution >= 0.6 is 27.7 Å². The molecule has 0 aliphatic heterocycles. The Morgan fingerprint density at radius 2 is 2.00 bits per heavy atom. The van der Waals surface area contributed by atoms with Gasteiger partial charge in [-0.2, -0.15) is 0 Å². The summed E-state index contributed by atoms with van der Waals surface area (Å²) < 4.78 is 6.49. The van der Waals surface area contributed by atoms with Crippen molar-refractivity contribution in [3.8, 4) is 5.75 Å². The van der Waals surface area contributed by atoms with Gasteiger partial charge in [0, 0.05) is 15.1 Å². The Hall–Kier alpha value is -1.46. The zero-order valence-electron chi connectivity index (χ0n) is 11.6. The zero-order valence-corrected chi connectivity index (χ0v) is 14.0. The van der Waals surface area contributed by atoms with E-state index in [0.717, 1.165) is 15.9 Å². The van der Waals surface area contributed by atoms with Crippen molar-refractivity contribution in [2.75, 3.05) is 18.2 Å². The van der Waals surface area contributed by atoms with Crippen molar-refractivity contribution < 1.29 is 9.53 Å². The summed E-state index contributed by atoms with van der Waals surface area (Å²) in [6, 6.07) is 15.3. The maximum Gasteiger partial charge on any atom is 0.227 e. The molecule has 110 valence electrons. The molecule has 0 unspecified atom stereocenters. The van der Waals surface area contributed by atoms with Crippen LogP contribution in [0.15, 0.2) is 57.9 Å². The molecule has 0 saturated carbocycles. The maximum atomic E-state index is 11.8. The predicted molar refractivity (Wildman–Crippen MR) is 91.1 cm³/mol. The molecular weight excluding hydrogens is 350 g/mol. The average Bonchev–Trinajstić information content (AvgIpc) is 2.48. The summed E-state index contributed by atoms with van der Waals surface area (Å²) in [5, 5.41) is 2.85. The number of halogens is 1. The van der Waals surface area contributed by atoms with Gasteiger partial charge in [-0.25, -0.2) is 0 Å². The highest BCUT2D eigenvalue weighted by atomic mass is 79.9. The van der Waals surface area contributed by atoms with E-state index in [4.69, 9.17) is 4.74 Å². The minimum absolute atomic E-state index is 0.0538. The summed E-state index contributed by atoms with van der Waals surface area (Å²) in [5.74, 6) is 0.698. The first kappa shape index (κ1) is 15.9. The fourth-order valence-electron chi connectivity index (χ4n) is 1.72. The molecule has 2 rings (SSSR count). The Morgan fingerprint density at radius 3 is 2.67 bits per heavy atom. The number of hydrogen-bond acceptors (Lipinski definition) is 3. The number of benzene rings is 2. The molecule has 0 aliphatic carbocycles. The molecule has 2 aromatic carbocycles. The van der Waals surface area contributed by atoms with E-state index in [-0.39, 0.29) is 5.91 Å². The van der Waals surface area contributed by atoms with Gasteiger partial charge in [-0.1, -0.05) is 22.0 Å². The van der Waals surface area contributed by atoms with Gasteiger partial charge < -0.3 is 10.1 Å². The highest BCUT2D eigenvalue weighted by molar-refractivity contribution is 9.10. The molecule has 1 N–H and O–H groups in total. The molecule has 0 radical (unpaired) electrons. The zero-order chi connectivity index (χ0) is 15.1. The van der Waals surface area contributed by atoms with Crippen LogP contribution in [0.4, 0.5) is 5.69 Å². The number of ether oxygens (including phenoxy) is 1. The number of carbonyl (C=O) groups excluding carboxylic acids is 1. The van der Waals surface area contributed by atoms with Crippen LogP contribution in [0.5, 0.6) is 5.75 Å². The lowest BCUT2D eigenvalue weighted by Crippen LogP contribution is -2.15. The molecule has 0 saturated heterocycles. The third kappa shape index (κ3) is 5.44. The van der Waals surface area contributed by atoms with Gasteiger partial charge in [0.15, 0.2) is 0 Å². The number of amides is 1. The smallest absolute Gasteiger partial charge is 0.227 e. The minimum atomic E-state index is -0.0538. The Morgan fingerprint density at radius 1 is 1.24 bits per heavy atom. The van der Waals surface area contributed by atoms with Crippen LogP contribution < -0.4 is 10.1 Å². The van der Waals surface area contributed by atoms with Crippen molar-refractivity contribution >= 4 is 39.3 Å². The largest absolute Gasteiger partial charge is 0.493 e. The molecule has 0 spiro atoms. The highest BCUT2D eigenvalue weighted by Gasteiger charge is 2.03. The quantitative estimate of drug-likeness (QED) is 0.761. The first-order chi connectivity index (χ1) is 10.2. The molecule has 0 aromatic heterocycles. The standard InChI is InChI=1S/C16H16BrNO2S/c1-21-15-7-5-13(6-8-15)18-16(19)9-10-20-14-4-2-3-12(17)11-14/h2-8,11H,9-10H2,1H3,(H,18,19). The van der Waals surface area contributed by atoms with Gasteiger partial charge in [-0.3, -0.25) is 4.79 Å². The Bertz CT molecular complexity index is 601. The summed E-state index contributed by atoms with van der Waals surface area (Å²) >= 11 is 5.05. The Labute approximate surface area is 137 Å². The van der Waals surface area contributed by atoms with Gasteiger partial charge >= 0.3 is 0 Å². The van der Waals surface area contributed by atoms with Crippen molar-refractivity contribution in [2.45, 2.75) is 11.3 Å². The number of carbonyl (C=O) groups is 1. The fraction of sp³-hybridized carbons (Fsp3) is 0.188. The summed E-state index contributed by atoms with van der Waals surface area (Å²) in [4.78, 5) is 13.0. The van der Waals surface area contributed by atoms with Gasteiger partial charge in [0.2, 0.25) is 5.91 Å². The maximum absolute atomic E-state index is 11.8. The number of thioether (sulfide) groups is 1. The molecule has 0 bridgehead atoms. The van der Waals surface area contributed by atoms with Gasteiger partial charge in [0.05, 0.1) is 13.0 Å². The average molecular weight is 366 g/mol. The van der Waals surface area contributed by atoms with Gasteiger partial charge in [-0.15, -0.1) is 11.8 Å². The number of anilines is 1. The Kier molecular flexibility index (Phi) is 6.14. The lowest BCUT2D eigenvalue weighted by atomic mass is 10.3. The van der Waals surface area contributed by atoms with Crippen LogP contribution in [0, 0.1) is 0 Å². The van der Waals surface area contributed by atoms with E-state index < -0.39 is 0 Å². The first-order valence-corrected chi connectivity index (χ1v) is 8.51. The predicted octanol–water partition coefficient (Wildman–Crippen LogP) is 4.58. The Balaban J connectivity index is 1.76. The second-order valence-corrected chi connectivity index (χ2v) is 6.13. The lowest BCUT2D eigenvalue weighted by Gasteiger charge is -2.08. The number of nitrogens with one attached hydrogen (secondary N) is 1. The lowest BCUT2D eigenvalue weighted by molar-refractivity contribution is -0.116. The number of hydrogen-bond donors (Lipinski definition) is 1. The summed E-state index contributed by atoms with van der Waals surface area (Å²) in [6.45, 7) is 0.352. The first-order valence-electron chi connectivity index (χ1n) is 6.49. The van der Waals surface area contributed by atoms with Gasteiger partial charge in [0.25, 0.3) is 0 Å². The van der Waals surface area contributed by atoms with E-state index in [9.17, 15) is 4.79 Å². The molecule has 0 fully saturated rings. The summed E-state index contributed by atoms with van der Waals surface area (Å²) in [7, 11) is 0. The van der Waals surface area contributed by atoms with Crippen LogP contribution in [0.2, 0.25) is 0 Å². The molecule has 0 heterocycles. The van der Waals surface area contributed by atoms with Crippen LogP contribution in [0.3, 0.4) is 0 Å². The van der Waals surface area contributed by atoms with E-state index >= 15 is 0 Å².